The van der Waals surface area contributed by atoms with Crippen LogP contribution in [-0.2, 0) is 32.7 Å². The molecule has 2 atom stereocenters. The first-order valence-electron chi connectivity index (χ1n) is 32.7. The number of ether oxygens (including phenoxy) is 2. The number of allylic oxidation sites excluding steroid dienone is 22. The number of unbranched alkanes of at least 4 members (excludes halogenated alkanes) is 25. The molecule has 0 aromatic rings. The number of hydrogen-bond donors (Lipinski definition) is 2. The first kappa shape index (κ1) is 77.2. The maximum atomic E-state index is 12.7. The summed E-state index contributed by atoms with van der Waals surface area (Å²) in [5.74, 6) is -0.839. The van der Waals surface area contributed by atoms with Gasteiger partial charge in [0.15, 0.2) is 6.10 Å². The molecule has 0 fully saturated rings. The molecule has 2 unspecified atom stereocenters. The van der Waals surface area contributed by atoms with Gasteiger partial charge in [-0.15, -0.1) is 0 Å². The predicted octanol–water partition coefficient (Wildman–Crippen LogP) is 21.3. The lowest BCUT2D eigenvalue weighted by Crippen LogP contribution is -2.29. The molecule has 0 aliphatic carbocycles. The molecule has 0 rings (SSSR count). The Bertz CT molecular complexity index is 1790. The smallest absolute Gasteiger partial charge is 0.462 e. The van der Waals surface area contributed by atoms with Gasteiger partial charge < -0.3 is 20.1 Å². The van der Waals surface area contributed by atoms with Crippen molar-refractivity contribution in [3.05, 3.63) is 134 Å². The molecule has 10 heteroatoms. The second kappa shape index (κ2) is 65.3. The van der Waals surface area contributed by atoms with Crippen molar-refractivity contribution in [2.75, 3.05) is 26.4 Å². The third kappa shape index (κ3) is 65.2. The van der Waals surface area contributed by atoms with Gasteiger partial charge in [0, 0.05) is 19.4 Å². The van der Waals surface area contributed by atoms with Gasteiger partial charge in [-0.2, -0.15) is 0 Å². The number of hydrogen-bond acceptors (Lipinski definition) is 8. The van der Waals surface area contributed by atoms with Gasteiger partial charge in [-0.25, -0.2) is 4.57 Å². The van der Waals surface area contributed by atoms with Crippen molar-refractivity contribution >= 4 is 19.8 Å². The lowest BCUT2D eigenvalue weighted by Gasteiger charge is -2.19. The van der Waals surface area contributed by atoms with Crippen LogP contribution in [0.1, 0.15) is 271 Å². The fourth-order valence-corrected chi connectivity index (χ4v) is 9.52. The summed E-state index contributed by atoms with van der Waals surface area (Å²) in [7, 11) is -4.40. The molecule has 0 aromatic heterocycles. The maximum Gasteiger partial charge on any atom is 0.472 e. The molecule has 0 bridgehead atoms. The van der Waals surface area contributed by atoms with Crippen LogP contribution < -0.4 is 5.73 Å². The molecule has 9 nitrogen and oxygen atoms in total. The second-order valence-corrected chi connectivity index (χ2v) is 22.7. The summed E-state index contributed by atoms with van der Waals surface area (Å²) in [6.07, 6.45) is 92.4. The average molecular weight is 1150 g/mol. The highest BCUT2D eigenvalue weighted by atomic mass is 31.2. The number of carbonyl (C=O) groups excluding carboxylic acids is 2. The molecule has 0 radical (unpaired) electrons. The Hall–Kier alpha value is -3.85. The monoisotopic (exact) mass is 1150 g/mol. The first-order valence-corrected chi connectivity index (χ1v) is 34.2. The summed E-state index contributed by atoms with van der Waals surface area (Å²) in [5.41, 5.74) is 5.39. The molecule has 462 valence electrons. The van der Waals surface area contributed by atoms with Crippen LogP contribution in [0, 0.1) is 0 Å². The predicted molar refractivity (Wildman–Crippen MR) is 348 cm³/mol. The third-order valence-corrected chi connectivity index (χ3v) is 14.5. The summed E-state index contributed by atoms with van der Waals surface area (Å²) >= 11 is 0. The molecule has 0 heterocycles. The SMILES string of the molecule is CC/C=C\C/C=C\C/C=C\C/C=C\C/C=C\C/C=C\C/C=C\C/C=C\C/C=C\C/C=C\C/C=C\CCCCCCCCCC(=O)OC(COC(=O)CCCCCCCCCCCCCCCCCCCCC)COP(=O)(O)OCCN. The van der Waals surface area contributed by atoms with E-state index in [1.807, 2.05) is 0 Å². The van der Waals surface area contributed by atoms with Gasteiger partial charge in [0.1, 0.15) is 6.61 Å². The van der Waals surface area contributed by atoms with Gasteiger partial charge >= 0.3 is 19.8 Å². The number of esters is 2. The van der Waals surface area contributed by atoms with Gasteiger partial charge in [-0.3, -0.25) is 18.6 Å². The van der Waals surface area contributed by atoms with Crippen LogP contribution in [0.3, 0.4) is 0 Å². The van der Waals surface area contributed by atoms with E-state index in [1.165, 1.54) is 122 Å². The van der Waals surface area contributed by atoms with Crippen molar-refractivity contribution in [2.24, 2.45) is 5.73 Å². The Kier molecular flexibility index (Phi) is 62.2. The minimum absolute atomic E-state index is 0.0468. The van der Waals surface area contributed by atoms with E-state index in [1.54, 1.807) is 0 Å². The van der Waals surface area contributed by atoms with Crippen molar-refractivity contribution < 1.29 is 37.6 Å². The molecule has 3 N–H and O–H groups in total. The molecule has 81 heavy (non-hydrogen) atoms. The third-order valence-electron chi connectivity index (χ3n) is 13.6. The summed E-state index contributed by atoms with van der Waals surface area (Å²) in [6.45, 7) is 3.63. The number of phosphoric ester groups is 1. The Morgan fingerprint density at radius 3 is 1.01 bits per heavy atom. The molecular weight excluding hydrogens is 1030 g/mol. The van der Waals surface area contributed by atoms with Crippen LogP contribution in [0.5, 0.6) is 0 Å². The van der Waals surface area contributed by atoms with Crippen LogP contribution in [0.2, 0.25) is 0 Å². The zero-order valence-electron chi connectivity index (χ0n) is 51.7. The largest absolute Gasteiger partial charge is 0.472 e. The van der Waals surface area contributed by atoms with E-state index in [0.717, 1.165) is 116 Å². The number of rotatable bonds is 60. The molecule has 0 saturated carbocycles. The highest BCUT2D eigenvalue weighted by molar-refractivity contribution is 7.47. The van der Waals surface area contributed by atoms with Crippen LogP contribution >= 0.6 is 7.82 Å². The van der Waals surface area contributed by atoms with Crippen LogP contribution in [0.15, 0.2) is 134 Å². The Balaban J connectivity index is 3.99. The summed E-state index contributed by atoms with van der Waals surface area (Å²) in [4.78, 5) is 35.2. The van der Waals surface area contributed by atoms with Gasteiger partial charge in [0.2, 0.25) is 0 Å². The molecule has 0 aliphatic heterocycles. The van der Waals surface area contributed by atoms with E-state index < -0.39 is 26.5 Å². The minimum atomic E-state index is -4.40. The molecule has 0 aliphatic rings. The Morgan fingerprint density at radius 1 is 0.383 bits per heavy atom. The fraction of sp³-hybridized carbons (Fsp3) is 0.662. The highest BCUT2D eigenvalue weighted by Gasteiger charge is 2.26. The molecule has 0 amide bonds. The normalized spacial score (nSPS) is 13.9. The lowest BCUT2D eigenvalue weighted by atomic mass is 10.0. The van der Waals surface area contributed by atoms with Crippen LogP contribution in [0.4, 0.5) is 0 Å². The van der Waals surface area contributed by atoms with Gasteiger partial charge in [-0.1, -0.05) is 295 Å². The quantitative estimate of drug-likeness (QED) is 0.0264. The van der Waals surface area contributed by atoms with Gasteiger partial charge in [0.25, 0.3) is 0 Å². The topological polar surface area (TPSA) is 134 Å². The van der Waals surface area contributed by atoms with E-state index >= 15 is 0 Å². The average Bonchev–Trinajstić information content (AvgIpc) is 3.46. The van der Waals surface area contributed by atoms with Gasteiger partial charge in [-0.05, 0) is 96.3 Å². The zero-order valence-corrected chi connectivity index (χ0v) is 52.6. The number of nitrogens with two attached hydrogens (primary N) is 1. The second-order valence-electron chi connectivity index (χ2n) is 21.3. The van der Waals surface area contributed by atoms with Crippen LogP contribution in [-0.4, -0.2) is 49.3 Å². The van der Waals surface area contributed by atoms with E-state index in [9.17, 15) is 19.0 Å². The molecule has 0 spiro atoms. The van der Waals surface area contributed by atoms with E-state index in [4.69, 9.17) is 24.3 Å². The standard InChI is InChI=1S/C71H120NO8P/c1-3-5-7-9-11-13-15-17-19-21-23-24-25-26-27-28-29-30-31-32-33-34-35-36-37-38-39-40-41-42-43-44-46-48-50-52-54-56-58-60-62-64-71(74)80-69(68-79-81(75,76)78-66-65-72)67-77-70(73)63-61-59-57-55-53-51-49-47-45-22-20-18-16-14-12-10-8-6-4-2/h5,7,11,13,17,19,23-24,26-27,29-30,32-33,35-36,38-39,41-42,44,46,69H,3-4,6,8-10,12,14-16,18,20-22,25,28,31,34,37,40,43,45,47-68,72H2,1-2H3,(H,75,76)/b7-5-,13-11-,19-17-,24-23-,27-26-,30-29-,33-32-,36-35-,39-38-,42-41-,46-44-. The summed E-state index contributed by atoms with van der Waals surface area (Å²) in [5, 5.41) is 0. The molecule has 0 aromatic carbocycles. The van der Waals surface area contributed by atoms with E-state index in [0.29, 0.717) is 6.42 Å². The zero-order chi connectivity index (χ0) is 58.7. The number of phosphoric acid groups is 1. The van der Waals surface area contributed by atoms with Crippen molar-refractivity contribution in [1.82, 2.24) is 0 Å². The number of carbonyl (C=O) groups is 2. The first-order chi connectivity index (χ1) is 39.8. The van der Waals surface area contributed by atoms with E-state index in [-0.39, 0.29) is 38.6 Å². The van der Waals surface area contributed by atoms with E-state index in [2.05, 4.69) is 148 Å². The van der Waals surface area contributed by atoms with Crippen molar-refractivity contribution in [1.29, 1.82) is 0 Å². The molecule has 0 saturated heterocycles. The summed E-state index contributed by atoms with van der Waals surface area (Å²) < 4.78 is 33.1. The van der Waals surface area contributed by atoms with Gasteiger partial charge in [0.05, 0.1) is 13.2 Å². The Morgan fingerprint density at radius 2 is 0.679 bits per heavy atom. The van der Waals surface area contributed by atoms with Crippen molar-refractivity contribution in [3.8, 4) is 0 Å². The maximum absolute atomic E-state index is 12.7. The van der Waals surface area contributed by atoms with Crippen LogP contribution in [0.25, 0.3) is 0 Å². The highest BCUT2D eigenvalue weighted by Crippen LogP contribution is 2.43. The Labute approximate surface area is 497 Å². The van der Waals surface area contributed by atoms with Crippen molar-refractivity contribution in [3.63, 3.8) is 0 Å². The van der Waals surface area contributed by atoms with Crippen molar-refractivity contribution in [2.45, 2.75) is 277 Å². The summed E-state index contributed by atoms with van der Waals surface area (Å²) in [6, 6.07) is 0. The lowest BCUT2D eigenvalue weighted by molar-refractivity contribution is -0.161. The fourth-order valence-electron chi connectivity index (χ4n) is 8.76. The minimum Gasteiger partial charge on any atom is -0.462 e. The molecular formula is C71H120NO8P.